The predicted octanol–water partition coefficient (Wildman–Crippen LogP) is 3.45. The summed E-state index contributed by atoms with van der Waals surface area (Å²) in [6.45, 7) is 3.77. The highest BCUT2D eigenvalue weighted by Gasteiger charge is 2.15. The molecule has 4 aromatic rings. The topological polar surface area (TPSA) is 149 Å². The van der Waals surface area contributed by atoms with Crippen molar-refractivity contribution in [2.24, 2.45) is 5.14 Å². The van der Waals surface area contributed by atoms with Gasteiger partial charge in [-0.05, 0) is 44.2 Å². The Hall–Kier alpha value is -3.15. The van der Waals surface area contributed by atoms with Crippen molar-refractivity contribution in [1.82, 2.24) is 15.0 Å². The van der Waals surface area contributed by atoms with Gasteiger partial charge in [-0.2, -0.15) is 0 Å². The molecule has 0 bridgehead atoms. The van der Waals surface area contributed by atoms with Gasteiger partial charge in [0.05, 0.1) is 33.4 Å². The van der Waals surface area contributed by atoms with E-state index in [0.29, 0.717) is 22.5 Å². The summed E-state index contributed by atoms with van der Waals surface area (Å²) in [6.07, 6.45) is -0.0914. The number of H-pyrrole nitrogens is 1. The van der Waals surface area contributed by atoms with E-state index in [4.69, 9.17) is 15.6 Å². The summed E-state index contributed by atoms with van der Waals surface area (Å²) in [7, 11) is -3.85. The smallest absolute Gasteiger partial charge is 0.238 e. The average Bonchev–Trinajstić information content (AvgIpc) is 3.26. The lowest BCUT2D eigenvalue weighted by Gasteiger charge is -2.15. The number of rotatable bonds is 6. The number of sulfonamides is 1. The lowest BCUT2D eigenvalue weighted by Crippen LogP contribution is -2.13. The van der Waals surface area contributed by atoms with Crippen molar-refractivity contribution in [3.05, 3.63) is 41.8 Å². The van der Waals surface area contributed by atoms with Crippen LogP contribution in [-0.4, -0.2) is 29.5 Å². The molecular formula is C19H20N6O3S2. The first kappa shape index (κ1) is 20.1. The van der Waals surface area contributed by atoms with Crippen molar-refractivity contribution < 1.29 is 13.2 Å². The van der Waals surface area contributed by atoms with E-state index >= 15 is 0 Å². The van der Waals surface area contributed by atoms with E-state index in [1.54, 1.807) is 6.07 Å². The molecule has 2 heterocycles. The number of aromatic nitrogens is 3. The van der Waals surface area contributed by atoms with Crippen LogP contribution in [0.1, 0.15) is 13.8 Å². The number of anilines is 3. The number of hydrogen-bond acceptors (Lipinski definition) is 8. The number of aromatic amines is 1. The molecule has 0 saturated heterocycles. The molecule has 0 aliphatic rings. The zero-order valence-corrected chi connectivity index (χ0v) is 17.8. The van der Waals surface area contributed by atoms with Gasteiger partial charge in [0.25, 0.3) is 0 Å². The molecule has 0 aliphatic heterocycles. The van der Waals surface area contributed by atoms with Crippen LogP contribution >= 0.6 is 11.3 Å². The Labute approximate surface area is 177 Å². The molecule has 0 saturated carbocycles. The third-order valence-electron chi connectivity index (χ3n) is 4.18. The zero-order chi connectivity index (χ0) is 21.5. The van der Waals surface area contributed by atoms with Gasteiger partial charge in [0, 0.05) is 10.9 Å². The quantitative estimate of drug-likeness (QED) is 0.356. The fraction of sp³-hybridized carbons (Fsp3) is 0.158. The van der Waals surface area contributed by atoms with Crippen molar-refractivity contribution in [3.8, 4) is 17.0 Å². The van der Waals surface area contributed by atoms with Gasteiger partial charge in [0.1, 0.15) is 5.75 Å². The second-order valence-electron chi connectivity index (χ2n) is 6.89. The molecule has 4 rings (SSSR count). The highest BCUT2D eigenvalue weighted by Crippen LogP contribution is 2.34. The van der Waals surface area contributed by atoms with E-state index in [0.717, 1.165) is 22.3 Å². The maximum atomic E-state index is 11.7. The number of ether oxygens (including phenoxy) is 1. The maximum Gasteiger partial charge on any atom is 0.238 e. The molecular weight excluding hydrogens is 424 g/mol. The number of nitrogens with zero attached hydrogens (tertiary/aromatic N) is 2. The van der Waals surface area contributed by atoms with Crippen LogP contribution in [0.25, 0.3) is 22.3 Å². The van der Waals surface area contributed by atoms with Gasteiger partial charge in [-0.15, -0.1) is 11.3 Å². The Morgan fingerprint density at radius 3 is 2.70 bits per heavy atom. The van der Waals surface area contributed by atoms with Gasteiger partial charge in [0.2, 0.25) is 10.0 Å². The molecule has 0 spiro atoms. The molecule has 2 aromatic heterocycles. The standard InChI is InChI=1S/C19H20N6O3S2/c1-10(2)28-17-6-4-12(30(21,26)27)8-15(17)24-19-25-16(9-29-19)11-3-5-13-14(7-11)23-18(20)22-13/h3-10H,1-2H3,(H,24,25)(H3,20,22,23)(H2,21,26,27). The number of primary sulfonamides is 1. The summed E-state index contributed by atoms with van der Waals surface area (Å²) < 4.78 is 29.3. The molecule has 0 aliphatic carbocycles. The van der Waals surface area contributed by atoms with Crippen LogP contribution in [0.3, 0.4) is 0 Å². The predicted molar refractivity (Wildman–Crippen MR) is 118 cm³/mol. The first-order chi connectivity index (χ1) is 14.2. The van der Waals surface area contributed by atoms with E-state index in [-0.39, 0.29) is 11.0 Å². The lowest BCUT2D eigenvalue weighted by atomic mass is 10.1. The summed E-state index contributed by atoms with van der Waals surface area (Å²) in [5.41, 5.74) is 9.42. The molecule has 0 fully saturated rings. The molecule has 0 radical (unpaired) electrons. The number of imidazole rings is 1. The second kappa shape index (κ2) is 7.59. The Balaban J connectivity index is 1.66. The van der Waals surface area contributed by atoms with E-state index in [1.165, 1.54) is 23.5 Å². The summed E-state index contributed by atoms with van der Waals surface area (Å²) in [5, 5.41) is 10.9. The Morgan fingerprint density at radius 1 is 1.17 bits per heavy atom. The summed E-state index contributed by atoms with van der Waals surface area (Å²) in [4.78, 5) is 11.8. The molecule has 9 nitrogen and oxygen atoms in total. The number of nitrogens with two attached hydrogens (primary N) is 2. The van der Waals surface area contributed by atoms with E-state index < -0.39 is 10.0 Å². The number of benzene rings is 2. The second-order valence-corrected chi connectivity index (χ2v) is 9.31. The average molecular weight is 445 g/mol. The van der Waals surface area contributed by atoms with Crippen LogP contribution in [-0.2, 0) is 10.0 Å². The molecule has 11 heteroatoms. The SMILES string of the molecule is CC(C)Oc1ccc(S(N)(=O)=O)cc1Nc1nc(-c2ccc3nc(N)[nH]c3c2)cs1. The molecule has 6 N–H and O–H groups in total. The van der Waals surface area contributed by atoms with E-state index in [1.807, 2.05) is 37.4 Å². The van der Waals surface area contributed by atoms with E-state index in [9.17, 15) is 8.42 Å². The highest BCUT2D eigenvalue weighted by atomic mass is 32.2. The van der Waals surface area contributed by atoms with Gasteiger partial charge >= 0.3 is 0 Å². The molecule has 30 heavy (non-hydrogen) atoms. The normalized spacial score (nSPS) is 11.9. The van der Waals surface area contributed by atoms with Crippen LogP contribution in [0, 0.1) is 0 Å². The van der Waals surface area contributed by atoms with Crippen LogP contribution in [0.15, 0.2) is 46.7 Å². The van der Waals surface area contributed by atoms with Crippen molar-refractivity contribution in [2.75, 3.05) is 11.1 Å². The fourth-order valence-corrected chi connectivity index (χ4v) is 4.18. The third kappa shape index (κ3) is 4.22. The van der Waals surface area contributed by atoms with Crippen LogP contribution in [0.5, 0.6) is 5.75 Å². The third-order valence-corrected chi connectivity index (χ3v) is 5.85. The molecule has 0 amide bonds. The van der Waals surface area contributed by atoms with Gasteiger partial charge in [0.15, 0.2) is 11.1 Å². The van der Waals surface area contributed by atoms with Crippen LogP contribution < -0.4 is 20.9 Å². The number of fused-ring (bicyclic) bond motifs is 1. The Bertz CT molecular complexity index is 1330. The highest BCUT2D eigenvalue weighted by molar-refractivity contribution is 7.89. The lowest BCUT2D eigenvalue weighted by molar-refractivity contribution is 0.243. The number of nitrogens with one attached hydrogen (secondary N) is 2. The first-order valence-corrected chi connectivity index (χ1v) is 11.4. The minimum absolute atomic E-state index is 0.0137. The number of thiazole rings is 1. The summed E-state index contributed by atoms with van der Waals surface area (Å²) in [6, 6.07) is 10.1. The van der Waals surface area contributed by atoms with Crippen molar-refractivity contribution in [2.45, 2.75) is 24.8 Å². The fourth-order valence-electron chi connectivity index (χ4n) is 2.91. The molecule has 0 unspecified atom stereocenters. The van der Waals surface area contributed by atoms with Crippen LogP contribution in [0.2, 0.25) is 0 Å². The molecule has 0 atom stereocenters. The van der Waals surface area contributed by atoms with Crippen molar-refractivity contribution in [1.29, 1.82) is 0 Å². The maximum absolute atomic E-state index is 11.7. The molecule has 2 aromatic carbocycles. The van der Waals surface area contributed by atoms with Gasteiger partial charge in [-0.25, -0.2) is 23.5 Å². The van der Waals surface area contributed by atoms with Crippen molar-refractivity contribution in [3.63, 3.8) is 0 Å². The monoisotopic (exact) mass is 444 g/mol. The largest absolute Gasteiger partial charge is 0.489 e. The first-order valence-electron chi connectivity index (χ1n) is 9.01. The van der Waals surface area contributed by atoms with Crippen LogP contribution in [0.4, 0.5) is 16.8 Å². The van der Waals surface area contributed by atoms with Gasteiger partial charge in [-0.3, -0.25) is 0 Å². The summed E-state index contributed by atoms with van der Waals surface area (Å²) >= 11 is 1.38. The molecule has 156 valence electrons. The minimum Gasteiger partial charge on any atom is -0.489 e. The Morgan fingerprint density at radius 2 is 1.97 bits per heavy atom. The number of nitrogen functional groups attached to an aromatic ring is 1. The number of hydrogen-bond donors (Lipinski definition) is 4. The van der Waals surface area contributed by atoms with Crippen molar-refractivity contribution >= 4 is 49.2 Å². The van der Waals surface area contributed by atoms with Gasteiger partial charge in [-0.1, -0.05) is 6.07 Å². The zero-order valence-electron chi connectivity index (χ0n) is 16.2. The summed E-state index contributed by atoms with van der Waals surface area (Å²) in [5.74, 6) is 0.860. The van der Waals surface area contributed by atoms with Gasteiger partial charge < -0.3 is 20.8 Å². The van der Waals surface area contributed by atoms with E-state index in [2.05, 4.69) is 20.3 Å². The minimum atomic E-state index is -3.85. The Kier molecular flexibility index (Phi) is 5.10.